The summed E-state index contributed by atoms with van der Waals surface area (Å²) in [5.74, 6) is -0.948. The zero-order valence-corrected chi connectivity index (χ0v) is 48.3. The van der Waals surface area contributed by atoms with Crippen molar-refractivity contribution >= 4 is 17.9 Å². The first-order valence-electron chi connectivity index (χ1n) is 30.3. The molecule has 6 nitrogen and oxygen atoms in total. The van der Waals surface area contributed by atoms with E-state index in [-0.39, 0.29) is 31.1 Å². The van der Waals surface area contributed by atoms with Crippen LogP contribution < -0.4 is 0 Å². The summed E-state index contributed by atoms with van der Waals surface area (Å²) in [5, 5.41) is 0. The molecule has 422 valence electrons. The van der Waals surface area contributed by atoms with Crippen molar-refractivity contribution in [3.05, 3.63) is 146 Å². The standard InChI is InChI=1S/C69H110O6/c1-4-7-10-13-16-18-20-22-24-25-26-27-28-29-30-31-32-33-34-35-36-37-38-39-40-41-42-43-45-46-48-50-53-56-59-62-68(71)74-65-66(64-73-67(70)61-58-55-52-15-12-9-6-3)75-69(72)63-60-57-54-51-49-47-44-23-21-19-17-14-11-8-5-2/h7,10,16-19,22-24,26-27,29-30,32-33,35-36,38-39,41-42,44-46,66H,4-6,8-9,11-15,20-21,25,28,31,34,37,40,43,47-65H2,1-3H3/b10-7-,18-16-,19-17-,24-22-,27-26-,30-29-,33-32-,36-35-,39-38-,42-41-,44-23-,46-45-. The lowest BCUT2D eigenvalue weighted by Crippen LogP contribution is -2.30. The highest BCUT2D eigenvalue weighted by molar-refractivity contribution is 5.71. The highest BCUT2D eigenvalue weighted by atomic mass is 16.6. The van der Waals surface area contributed by atoms with Crippen LogP contribution in [0.1, 0.15) is 252 Å². The molecule has 0 radical (unpaired) electrons. The molecule has 0 rings (SSSR count). The molecule has 6 heteroatoms. The summed E-state index contributed by atoms with van der Waals surface area (Å²) in [6, 6.07) is 0. The average molecular weight is 1040 g/mol. The zero-order valence-electron chi connectivity index (χ0n) is 48.3. The van der Waals surface area contributed by atoms with E-state index in [1.807, 2.05) is 0 Å². The van der Waals surface area contributed by atoms with Crippen molar-refractivity contribution in [3.63, 3.8) is 0 Å². The number of unbranched alkanes of at least 4 members (excludes halogenated alkanes) is 18. The second kappa shape index (κ2) is 61.8. The van der Waals surface area contributed by atoms with Crippen molar-refractivity contribution in [2.75, 3.05) is 13.2 Å². The molecule has 1 atom stereocenters. The Balaban J connectivity index is 4.21. The van der Waals surface area contributed by atoms with E-state index < -0.39 is 6.10 Å². The molecule has 0 heterocycles. The number of hydrogen-bond acceptors (Lipinski definition) is 6. The molecule has 0 aromatic carbocycles. The number of ether oxygens (including phenoxy) is 3. The topological polar surface area (TPSA) is 78.9 Å². The van der Waals surface area contributed by atoms with Crippen LogP contribution in [0, 0.1) is 0 Å². The van der Waals surface area contributed by atoms with Crippen LogP contribution in [-0.2, 0) is 28.6 Å². The fourth-order valence-corrected chi connectivity index (χ4v) is 7.79. The number of carbonyl (C=O) groups is 3. The van der Waals surface area contributed by atoms with Gasteiger partial charge in [-0.05, 0) is 128 Å². The Morgan fingerprint density at radius 1 is 0.280 bits per heavy atom. The van der Waals surface area contributed by atoms with Gasteiger partial charge >= 0.3 is 17.9 Å². The highest BCUT2D eigenvalue weighted by Crippen LogP contribution is 2.13. The maximum absolute atomic E-state index is 12.8. The van der Waals surface area contributed by atoms with Crippen molar-refractivity contribution in [2.24, 2.45) is 0 Å². The monoisotopic (exact) mass is 1030 g/mol. The van der Waals surface area contributed by atoms with Gasteiger partial charge in [-0.15, -0.1) is 0 Å². The second-order valence-corrected chi connectivity index (χ2v) is 19.5. The third-order valence-electron chi connectivity index (χ3n) is 12.3. The van der Waals surface area contributed by atoms with Crippen LogP contribution in [0.5, 0.6) is 0 Å². The smallest absolute Gasteiger partial charge is 0.306 e. The van der Waals surface area contributed by atoms with Crippen molar-refractivity contribution in [2.45, 2.75) is 258 Å². The first-order valence-corrected chi connectivity index (χ1v) is 30.3. The minimum Gasteiger partial charge on any atom is -0.462 e. The van der Waals surface area contributed by atoms with E-state index in [9.17, 15) is 14.4 Å². The zero-order chi connectivity index (χ0) is 54.3. The van der Waals surface area contributed by atoms with E-state index >= 15 is 0 Å². The third-order valence-corrected chi connectivity index (χ3v) is 12.3. The fourth-order valence-electron chi connectivity index (χ4n) is 7.79. The molecule has 0 fully saturated rings. The Kier molecular flexibility index (Phi) is 58.0. The number of hydrogen-bond donors (Lipinski definition) is 0. The van der Waals surface area contributed by atoms with Gasteiger partial charge in [-0.1, -0.05) is 250 Å². The van der Waals surface area contributed by atoms with Gasteiger partial charge in [0.1, 0.15) is 13.2 Å². The van der Waals surface area contributed by atoms with Crippen LogP contribution >= 0.6 is 0 Å². The van der Waals surface area contributed by atoms with E-state index in [0.717, 1.165) is 161 Å². The van der Waals surface area contributed by atoms with Crippen molar-refractivity contribution < 1.29 is 28.6 Å². The van der Waals surface area contributed by atoms with Gasteiger partial charge in [0.2, 0.25) is 0 Å². The maximum Gasteiger partial charge on any atom is 0.306 e. The summed E-state index contributed by atoms with van der Waals surface area (Å²) in [6.07, 6.45) is 88.7. The first kappa shape index (κ1) is 70.3. The molecular formula is C69H110O6. The summed E-state index contributed by atoms with van der Waals surface area (Å²) in [6.45, 7) is 6.41. The Bertz CT molecular complexity index is 1660. The van der Waals surface area contributed by atoms with Crippen molar-refractivity contribution in [1.82, 2.24) is 0 Å². The summed E-state index contributed by atoms with van der Waals surface area (Å²) >= 11 is 0. The highest BCUT2D eigenvalue weighted by Gasteiger charge is 2.19. The molecule has 0 amide bonds. The predicted octanol–water partition coefficient (Wildman–Crippen LogP) is 20.8. The molecule has 0 aromatic rings. The van der Waals surface area contributed by atoms with Crippen LogP contribution in [0.4, 0.5) is 0 Å². The maximum atomic E-state index is 12.8. The summed E-state index contributed by atoms with van der Waals surface area (Å²) in [4.78, 5) is 37.9. The molecule has 0 saturated heterocycles. The SMILES string of the molecule is CC/C=C\C/C=C\C/C=C\C/C=C\C/C=C\C/C=C\C/C=C\C/C=C\C/C=C\C/C=C\CCCCCCC(=O)OCC(COC(=O)CCCCCCCCC)OC(=O)CCCCCCC/C=C\C/C=C\CCCCC. The molecule has 0 aliphatic rings. The summed E-state index contributed by atoms with van der Waals surface area (Å²) < 4.78 is 16.7. The van der Waals surface area contributed by atoms with Gasteiger partial charge in [-0.2, -0.15) is 0 Å². The van der Waals surface area contributed by atoms with Gasteiger partial charge in [0.15, 0.2) is 6.10 Å². The van der Waals surface area contributed by atoms with E-state index in [1.165, 1.54) is 51.4 Å². The van der Waals surface area contributed by atoms with Gasteiger partial charge in [0.25, 0.3) is 0 Å². The number of esters is 3. The Morgan fingerprint density at radius 3 is 0.840 bits per heavy atom. The predicted molar refractivity (Wildman–Crippen MR) is 325 cm³/mol. The lowest BCUT2D eigenvalue weighted by Gasteiger charge is -2.18. The lowest BCUT2D eigenvalue weighted by atomic mass is 10.1. The third kappa shape index (κ3) is 60.0. The van der Waals surface area contributed by atoms with Crippen LogP contribution in [0.25, 0.3) is 0 Å². The van der Waals surface area contributed by atoms with Crippen LogP contribution in [0.15, 0.2) is 146 Å². The molecule has 0 saturated carbocycles. The lowest BCUT2D eigenvalue weighted by molar-refractivity contribution is -0.167. The molecule has 75 heavy (non-hydrogen) atoms. The van der Waals surface area contributed by atoms with E-state index in [4.69, 9.17) is 14.2 Å². The van der Waals surface area contributed by atoms with E-state index in [2.05, 4.69) is 167 Å². The van der Waals surface area contributed by atoms with E-state index in [0.29, 0.717) is 19.3 Å². The average Bonchev–Trinajstić information content (AvgIpc) is 3.41. The van der Waals surface area contributed by atoms with E-state index in [1.54, 1.807) is 0 Å². The van der Waals surface area contributed by atoms with Gasteiger partial charge in [-0.25, -0.2) is 0 Å². The summed E-state index contributed by atoms with van der Waals surface area (Å²) in [7, 11) is 0. The van der Waals surface area contributed by atoms with Crippen LogP contribution in [0.3, 0.4) is 0 Å². The number of carbonyl (C=O) groups excluding carboxylic acids is 3. The minimum atomic E-state index is -0.798. The minimum absolute atomic E-state index is 0.0952. The molecule has 0 N–H and O–H groups in total. The van der Waals surface area contributed by atoms with Gasteiger partial charge in [0, 0.05) is 19.3 Å². The van der Waals surface area contributed by atoms with Crippen molar-refractivity contribution in [1.29, 1.82) is 0 Å². The van der Waals surface area contributed by atoms with Gasteiger partial charge in [-0.3, -0.25) is 14.4 Å². The van der Waals surface area contributed by atoms with Crippen molar-refractivity contribution in [3.8, 4) is 0 Å². The second-order valence-electron chi connectivity index (χ2n) is 19.5. The normalized spacial score (nSPS) is 13.2. The van der Waals surface area contributed by atoms with Crippen LogP contribution in [0.2, 0.25) is 0 Å². The first-order chi connectivity index (χ1) is 37.0. The molecule has 0 bridgehead atoms. The largest absolute Gasteiger partial charge is 0.462 e. The Hall–Kier alpha value is -4.71. The quantitative estimate of drug-likeness (QED) is 0.0261. The molecule has 0 aromatic heterocycles. The molecule has 0 spiro atoms. The van der Waals surface area contributed by atoms with Gasteiger partial charge < -0.3 is 14.2 Å². The Labute approximate surface area is 461 Å². The Morgan fingerprint density at radius 2 is 0.520 bits per heavy atom. The molecular weight excluding hydrogens is 925 g/mol. The number of rotatable bonds is 53. The number of allylic oxidation sites excluding steroid dienone is 24. The molecule has 0 aliphatic heterocycles. The van der Waals surface area contributed by atoms with Gasteiger partial charge in [0.05, 0.1) is 0 Å². The fraction of sp³-hybridized carbons (Fsp3) is 0.609. The molecule has 1 unspecified atom stereocenters. The summed E-state index contributed by atoms with van der Waals surface area (Å²) in [5.41, 5.74) is 0. The molecule has 0 aliphatic carbocycles. The van der Waals surface area contributed by atoms with Crippen LogP contribution in [-0.4, -0.2) is 37.2 Å².